The Morgan fingerprint density at radius 2 is 2.14 bits per heavy atom. The van der Waals surface area contributed by atoms with E-state index >= 15 is 0 Å². The summed E-state index contributed by atoms with van der Waals surface area (Å²) in [7, 11) is 1.65. The lowest BCUT2D eigenvalue weighted by Gasteiger charge is -2.16. The van der Waals surface area contributed by atoms with Crippen molar-refractivity contribution in [2.45, 2.75) is 19.3 Å². The van der Waals surface area contributed by atoms with Gasteiger partial charge < -0.3 is 14.0 Å². The molecule has 1 aliphatic heterocycles. The summed E-state index contributed by atoms with van der Waals surface area (Å²) in [6.45, 7) is 5.33. The summed E-state index contributed by atoms with van der Waals surface area (Å²) >= 11 is 0. The third-order valence-corrected chi connectivity index (χ3v) is 3.90. The van der Waals surface area contributed by atoms with Crippen LogP contribution < -0.4 is 9.47 Å². The van der Waals surface area contributed by atoms with Crippen LogP contribution >= 0.6 is 0 Å². The molecule has 6 heteroatoms. The van der Waals surface area contributed by atoms with E-state index in [1.807, 2.05) is 31.2 Å². The summed E-state index contributed by atoms with van der Waals surface area (Å²) in [6.07, 6.45) is 1.05. The van der Waals surface area contributed by atoms with Gasteiger partial charge >= 0.3 is 0 Å². The fourth-order valence-corrected chi connectivity index (χ4v) is 2.74. The monoisotopic (exact) mass is 303 g/mol. The zero-order valence-electron chi connectivity index (χ0n) is 13.0. The molecule has 0 aliphatic carbocycles. The second-order valence-electron chi connectivity index (χ2n) is 5.47. The molecule has 22 heavy (non-hydrogen) atoms. The predicted molar refractivity (Wildman–Crippen MR) is 81.3 cm³/mol. The molecule has 1 saturated heterocycles. The van der Waals surface area contributed by atoms with Gasteiger partial charge in [0.1, 0.15) is 6.61 Å². The standard InChI is InChI=1S/C16H21N3O3/c1-12-17-16(22-18-12)13-7-8-19(11-13)9-10-21-15-6-4-3-5-14(15)20-2/h3-6,13H,7-11H2,1-2H3. The number of nitrogens with zero attached hydrogens (tertiary/aromatic N) is 3. The number of methoxy groups -OCH3 is 1. The van der Waals surface area contributed by atoms with Crippen molar-refractivity contribution in [3.63, 3.8) is 0 Å². The van der Waals surface area contributed by atoms with Gasteiger partial charge in [0.15, 0.2) is 17.3 Å². The Bertz CT molecular complexity index is 614. The summed E-state index contributed by atoms with van der Waals surface area (Å²) in [6, 6.07) is 7.71. The van der Waals surface area contributed by atoms with E-state index in [4.69, 9.17) is 14.0 Å². The maximum atomic E-state index is 5.82. The molecule has 0 bridgehead atoms. The Hall–Kier alpha value is -2.08. The lowest BCUT2D eigenvalue weighted by atomic mass is 10.1. The molecule has 6 nitrogen and oxygen atoms in total. The molecule has 2 aromatic rings. The molecule has 0 amide bonds. The number of para-hydroxylation sites is 2. The summed E-state index contributed by atoms with van der Waals surface area (Å²) in [5.74, 6) is 3.35. The van der Waals surface area contributed by atoms with Crippen LogP contribution in [0.5, 0.6) is 11.5 Å². The van der Waals surface area contributed by atoms with Crippen LogP contribution in [0.2, 0.25) is 0 Å². The SMILES string of the molecule is COc1ccccc1OCCN1CCC(c2nc(C)no2)C1. The first-order chi connectivity index (χ1) is 10.8. The van der Waals surface area contributed by atoms with Crippen molar-refractivity contribution in [2.75, 3.05) is 33.4 Å². The molecule has 1 fully saturated rings. The van der Waals surface area contributed by atoms with E-state index in [0.717, 1.165) is 43.4 Å². The van der Waals surface area contributed by atoms with Crippen LogP contribution in [-0.2, 0) is 0 Å². The van der Waals surface area contributed by atoms with E-state index in [9.17, 15) is 0 Å². The Kier molecular flexibility index (Phi) is 4.58. The number of likely N-dealkylation sites (tertiary alicyclic amines) is 1. The molecule has 1 aromatic heterocycles. The fraction of sp³-hybridized carbons (Fsp3) is 0.500. The largest absolute Gasteiger partial charge is 0.493 e. The van der Waals surface area contributed by atoms with Gasteiger partial charge in [-0.2, -0.15) is 4.98 Å². The van der Waals surface area contributed by atoms with Gasteiger partial charge in [-0.1, -0.05) is 17.3 Å². The summed E-state index contributed by atoms with van der Waals surface area (Å²) in [5.41, 5.74) is 0. The first kappa shape index (κ1) is 14.8. The van der Waals surface area contributed by atoms with E-state index in [-0.39, 0.29) is 0 Å². The maximum Gasteiger partial charge on any atom is 0.231 e. The lowest BCUT2D eigenvalue weighted by Crippen LogP contribution is -2.26. The lowest BCUT2D eigenvalue weighted by molar-refractivity contribution is 0.227. The Morgan fingerprint density at radius 1 is 1.32 bits per heavy atom. The number of rotatable bonds is 6. The fourth-order valence-electron chi connectivity index (χ4n) is 2.74. The molecule has 1 atom stereocenters. The average Bonchev–Trinajstić information content (AvgIpc) is 3.17. The van der Waals surface area contributed by atoms with Gasteiger partial charge in [0.2, 0.25) is 5.89 Å². The second kappa shape index (κ2) is 6.79. The number of aryl methyl sites for hydroxylation is 1. The van der Waals surface area contributed by atoms with Crippen molar-refractivity contribution in [3.8, 4) is 11.5 Å². The highest BCUT2D eigenvalue weighted by atomic mass is 16.5. The van der Waals surface area contributed by atoms with Crippen molar-refractivity contribution in [1.82, 2.24) is 15.0 Å². The highest BCUT2D eigenvalue weighted by molar-refractivity contribution is 5.39. The summed E-state index contributed by atoms with van der Waals surface area (Å²) in [5, 5.41) is 3.86. The molecule has 1 aromatic carbocycles. The van der Waals surface area contributed by atoms with E-state index in [1.54, 1.807) is 7.11 Å². The van der Waals surface area contributed by atoms with Gasteiger partial charge in [0, 0.05) is 13.1 Å². The highest BCUT2D eigenvalue weighted by Gasteiger charge is 2.27. The van der Waals surface area contributed by atoms with Gasteiger partial charge in [-0.05, 0) is 32.0 Å². The summed E-state index contributed by atoms with van der Waals surface area (Å²) < 4.78 is 16.4. The van der Waals surface area contributed by atoms with E-state index in [0.29, 0.717) is 18.3 Å². The minimum atomic E-state index is 0.340. The van der Waals surface area contributed by atoms with Crippen LogP contribution in [-0.4, -0.2) is 48.4 Å². The average molecular weight is 303 g/mol. The number of benzene rings is 1. The van der Waals surface area contributed by atoms with Crippen LogP contribution in [0.4, 0.5) is 0 Å². The number of hydrogen-bond donors (Lipinski definition) is 0. The predicted octanol–water partition coefficient (Wildman–Crippen LogP) is 2.25. The second-order valence-corrected chi connectivity index (χ2v) is 5.47. The molecule has 2 heterocycles. The van der Waals surface area contributed by atoms with Crippen LogP contribution in [0, 0.1) is 6.92 Å². The molecular weight excluding hydrogens is 282 g/mol. The third-order valence-electron chi connectivity index (χ3n) is 3.90. The molecule has 0 radical (unpaired) electrons. The first-order valence-electron chi connectivity index (χ1n) is 7.54. The van der Waals surface area contributed by atoms with Gasteiger partial charge in [-0.15, -0.1) is 0 Å². The third kappa shape index (κ3) is 3.39. The maximum absolute atomic E-state index is 5.82. The van der Waals surface area contributed by atoms with Gasteiger partial charge in [-0.25, -0.2) is 0 Å². The van der Waals surface area contributed by atoms with Crippen LogP contribution in [0.15, 0.2) is 28.8 Å². The normalized spacial score (nSPS) is 18.5. The Morgan fingerprint density at radius 3 is 2.86 bits per heavy atom. The zero-order valence-corrected chi connectivity index (χ0v) is 13.0. The number of hydrogen-bond acceptors (Lipinski definition) is 6. The van der Waals surface area contributed by atoms with Crippen LogP contribution in [0.3, 0.4) is 0 Å². The van der Waals surface area contributed by atoms with Crippen LogP contribution in [0.1, 0.15) is 24.1 Å². The Labute approximate surface area is 130 Å². The van der Waals surface area contributed by atoms with E-state index in [1.165, 1.54) is 0 Å². The number of aromatic nitrogens is 2. The van der Waals surface area contributed by atoms with E-state index in [2.05, 4.69) is 15.0 Å². The molecule has 118 valence electrons. The van der Waals surface area contributed by atoms with Gasteiger partial charge in [0.05, 0.1) is 13.0 Å². The number of ether oxygens (including phenoxy) is 2. The quantitative estimate of drug-likeness (QED) is 0.816. The van der Waals surface area contributed by atoms with Gasteiger partial charge in [0.25, 0.3) is 0 Å². The van der Waals surface area contributed by atoms with Crippen LogP contribution in [0.25, 0.3) is 0 Å². The highest BCUT2D eigenvalue weighted by Crippen LogP contribution is 2.27. The smallest absolute Gasteiger partial charge is 0.231 e. The van der Waals surface area contributed by atoms with Crippen molar-refractivity contribution in [2.24, 2.45) is 0 Å². The molecule has 0 spiro atoms. The Balaban J connectivity index is 1.47. The van der Waals surface area contributed by atoms with Gasteiger partial charge in [-0.3, -0.25) is 4.90 Å². The minimum absolute atomic E-state index is 0.340. The minimum Gasteiger partial charge on any atom is -0.493 e. The van der Waals surface area contributed by atoms with Crippen molar-refractivity contribution >= 4 is 0 Å². The first-order valence-corrected chi connectivity index (χ1v) is 7.54. The molecule has 1 unspecified atom stereocenters. The molecular formula is C16H21N3O3. The van der Waals surface area contributed by atoms with Crippen molar-refractivity contribution < 1.29 is 14.0 Å². The van der Waals surface area contributed by atoms with E-state index < -0.39 is 0 Å². The molecule has 1 aliphatic rings. The summed E-state index contributed by atoms with van der Waals surface area (Å²) in [4.78, 5) is 6.69. The molecule has 3 rings (SSSR count). The van der Waals surface area contributed by atoms with Crippen molar-refractivity contribution in [3.05, 3.63) is 36.0 Å². The zero-order chi connectivity index (χ0) is 15.4. The molecule has 0 saturated carbocycles. The molecule has 0 N–H and O–H groups in total. The van der Waals surface area contributed by atoms with Crippen molar-refractivity contribution in [1.29, 1.82) is 0 Å². The topological polar surface area (TPSA) is 60.6 Å².